The number of hydrogen-bond donors (Lipinski definition) is 1. The van der Waals surface area contributed by atoms with E-state index in [4.69, 9.17) is 4.98 Å². The number of aliphatic hydroxyl groups is 1. The number of carbonyl (C=O) groups is 1. The van der Waals surface area contributed by atoms with Crippen molar-refractivity contribution in [2.45, 2.75) is 67.2 Å². The SMILES string of the molecule is CCC(C)(CC)C(=O)/C=C(\O)C(C)(CC)CC.[Ir].[c-]1c(-c2cc3ccc4ccccc4c3cn2)c2ccccc2c2ccccc12. The van der Waals surface area contributed by atoms with E-state index in [9.17, 15) is 9.90 Å². The number of pyridine rings is 1. The standard InChI is InChI=1S/C27H16N.C15H28O2.Ir/c1-3-9-21-18(7-1)13-14-20-16-27(28-17-26(20)21)25-15-19-8-2-4-10-22(19)23-11-5-6-12-24(23)25;1-7-14(5,8-2)12(16)11-13(17)15(6,9-3)10-4;/h1-14,16-17H;11,16H,7-10H2,1-6H3;/q-1;;/b;12-11-;. The number of allylic oxidation sites excluding steroid dienone is 2. The molecule has 0 amide bonds. The van der Waals surface area contributed by atoms with Gasteiger partial charge in [0, 0.05) is 54.3 Å². The number of aliphatic hydroxyl groups excluding tert-OH is 1. The second-order valence-electron chi connectivity index (χ2n) is 12.6. The molecule has 0 saturated carbocycles. The second kappa shape index (κ2) is 14.7. The van der Waals surface area contributed by atoms with Gasteiger partial charge >= 0.3 is 0 Å². The molecule has 239 valence electrons. The summed E-state index contributed by atoms with van der Waals surface area (Å²) in [6, 6.07) is 35.6. The maximum absolute atomic E-state index is 12.2. The Hall–Kier alpha value is -3.85. The van der Waals surface area contributed by atoms with Crippen LogP contribution in [0.1, 0.15) is 67.2 Å². The Morgan fingerprint density at radius 1 is 0.696 bits per heavy atom. The molecule has 46 heavy (non-hydrogen) atoms. The van der Waals surface area contributed by atoms with Gasteiger partial charge in [0.25, 0.3) is 0 Å². The molecule has 4 heteroatoms. The minimum atomic E-state index is -0.337. The number of aromatic nitrogens is 1. The molecule has 0 aliphatic rings. The molecule has 1 radical (unpaired) electrons. The van der Waals surface area contributed by atoms with Crippen molar-refractivity contribution in [3.05, 3.63) is 115 Å². The molecule has 0 saturated heterocycles. The zero-order chi connectivity index (χ0) is 32.2. The molecule has 6 aromatic rings. The molecule has 5 aromatic carbocycles. The van der Waals surface area contributed by atoms with Crippen molar-refractivity contribution >= 4 is 48.9 Å². The van der Waals surface area contributed by atoms with E-state index in [2.05, 4.69) is 97.1 Å². The van der Waals surface area contributed by atoms with Crippen LogP contribution in [-0.4, -0.2) is 15.9 Å². The molecule has 1 heterocycles. The van der Waals surface area contributed by atoms with Crippen LogP contribution in [0.3, 0.4) is 0 Å². The van der Waals surface area contributed by atoms with Crippen molar-refractivity contribution in [2.75, 3.05) is 0 Å². The number of hydrogen-bond acceptors (Lipinski definition) is 3. The smallest absolute Gasteiger partial charge is 0.164 e. The first-order chi connectivity index (χ1) is 21.7. The van der Waals surface area contributed by atoms with Gasteiger partial charge in [-0.05, 0) is 41.8 Å². The third kappa shape index (κ3) is 6.80. The predicted molar refractivity (Wildman–Crippen MR) is 192 cm³/mol. The average Bonchev–Trinajstić information content (AvgIpc) is 3.10. The number of rotatable bonds is 8. The molecule has 0 aliphatic heterocycles. The van der Waals surface area contributed by atoms with Gasteiger partial charge in [0.1, 0.15) is 5.76 Å². The van der Waals surface area contributed by atoms with Crippen LogP contribution in [0.5, 0.6) is 0 Å². The Labute approximate surface area is 287 Å². The summed E-state index contributed by atoms with van der Waals surface area (Å²) in [4.78, 5) is 17.0. The summed E-state index contributed by atoms with van der Waals surface area (Å²) in [5.74, 6) is 0.286. The Kier molecular flexibility index (Phi) is 11.2. The normalized spacial score (nSPS) is 12.2. The molecule has 1 N–H and O–H groups in total. The van der Waals surface area contributed by atoms with Crippen molar-refractivity contribution in [3.63, 3.8) is 0 Å². The first-order valence-corrected chi connectivity index (χ1v) is 16.2. The fourth-order valence-corrected chi connectivity index (χ4v) is 5.89. The van der Waals surface area contributed by atoms with Crippen LogP contribution in [0, 0.1) is 16.9 Å². The molecule has 0 atom stereocenters. The quantitative estimate of drug-likeness (QED) is 0.0723. The van der Waals surface area contributed by atoms with Gasteiger partial charge in [0.05, 0.1) is 0 Å². The van der Waals surface area contributed by atoms with Gasteiger partial charge in [-0.3, -0.25) is 9.78 Å². The molecule has 3 nitrogen and oxygen atoms in total. The zero-order valence-corrected chi connectivity index (χ0v) is 30.2. The third-order valence-corrected chi connectivity index (χ3v) is 10.2. The fraction of sp³-hybridized carbons (Fsp3) is 0.286. The van der Waals surface area contributed by atoms with Gasteiger partial charge in [-0.1, -0.05) is 148 Å². The summed E-state index contributed by atoms with van der Waals surface area (Å²) in [6.45, 7) is 12.1. The molecule has 0 unspecified atom stereocenters. The second-order valence-corrected chi connectivity index (χ2v) is 12.6. The Morgan fingerprint density at radius 3 is 1.89 bits per heavy atom. The summed E-state index contributed by atoms with van der Waals surface area (Å²) in [6.07, 6.45) is 6.76. The molecular formula is C42H44IrNO2-. The number of ketones is 1. The zero-order valence-electron chi connectivity index (χ0n) is 27.8. The van der Waals surface area contributed by atoms with Crippen LogP contribution in [0.4, 0.5) is 0 Å². The van der Waals surface area contributed by atoms with E-state index in [1.807, 2.05) is 47.7 Å². The molecule has 6 rings (SSSR count). The van der Waals surface area contributed by atoms with Crippen molar-refractivity contribution in [1.82, 2.24) is 4.98 Å². The van der Waals surface area contributed by atoms with Gasteiger partial charge in [-0.15, -0.1) is 17.5 Å². The maximum Gasteiger partial charge on any atom is 0.164 e. The molecule has 1 aromatic heterocycles. The van der Waals surface area contributed by atoms with Gasteiger partial charge in [-0.25, -0.2) is 0 Å². The minimum Gasteiger partial charge on any atom is -0.512 e. The van der Waals surface area contributed by atoms with Gasteiger partial charge in [0.15, 0.2) is 5.78 Å². The van der Waals surface area contributed by atoms with E-state index in [-0.39, 0.29) is 42.5 Å². The summed E-state index contributed by atoms with van der Waals surface area (Å²) in [5, 5.41) is 19.8. The van der Waals surface area contributed by atoms with E-state index < -0.39 is 0 Å². The third-order valence-electron chi connectivity index (χ3n) is 10.2. The van der Waals surface area contributed by atoms with E-state index in [0.29, 0.717) is 0 Å². The monoisotopic (exact) mass is 787 g/mol. The van der Waals surface area contributed by atoms with Crippen molar-refractivity contribution in [2.24, 2.45) is 10.8 Å². The van der Waals surface area contributed by atoms with Crippen LogP contribution in [0.2, 0.25) is 0 Å². The van der Waals surface area contributed by atoms with Gasteiger partial charge < -0.3 is 5.11 Å². The first kappa shape index (κ1) is 35.0. The fourth-order valence-electron chi connectivity index (χ4n) is 5.89. The maximum atomic E-state index is 12.2. The van der Waals surface area contributed by atoms with Crippen LogP contribution in [0.25, 0.3) is 54.3 Å². The van der Waals surface area contributed by atoms with Gasteiger partial charge in [-0.2, -0.15) is 0 Å². The van der Waals surface area contributed by atoms with E-state index in [1.165, 1.54) is 43.8 Å². The molecule has 0 bridgehead atoms. The topological polar surface area (TPSA) is 50.2 Å². The summed E-state index contributed by atoms with van der Waals surface area (Å²) in [5.41, 5.74) is 1.42. The number of carbonyl (C=O) groups excluding carboxylic acids is 1. The van der Waals surface area contributed by atoms with Crippen LogP contribution >= 0.6 is 0 Å². The summed E-state index contributed by atoms with van der Waals surface area (Å²) < 4.78 is 0. The van der Waals surface area contributed by atoms with Crippen molar-refractivity contribution in [3.8, 4) is 11.3 Å². The van der Waals surface area contributed by atoms with E-state index in [1.54, 1.807) is 0 Å². The summed E-state index contributed by atoms with van der Waals surface area (Å²) in [7, 11) is 0. The summed E-state index contributed by atoms with van der Waals surface area (Å²) >= 11 is 0. The number of nitrogens with zero attached hydrogens (tertiary/aromatic N) is 1. The molecule has 0 aliphatic carbocycles. The first-order valence-electron chi connectivity index (χ1n) is 16.2. The van der Waals surface area contributed by atoms with Crippen LogP contribution in [-0.2, 0) is 24.9 Å². The Bertz CT molecular complexity index is 2020. The minimum absolute atomic E-state index is 0. The molecule has 0 spiro atoms. The molecular weight excluding hydrogens is 743 g/mol. The van der Waals surface area contributed by atoms with Crippen molar-refractivity contribution in [1.29, 1.82) is 0 Å². The number of benzene rings is 5. The van der Waals surface area contributed by atoms with Crippen LogP contribution in [0.15, 0.2) is 109 Å². The number of fused-ring (bicyclic) bond motifs is 6. The Morgan fingerprint density at radius 2 is 1.24 bits per heavy atom. The van der Waals surface area contributed by atoms with Gasteiger partial charge in [0.2, 0.25) is 0 Å². The van der Waals surface area contributed by atoms with Crippen molar-refractivity contribution < 1.29 is 30.0 Å². The average molecular weight is 787 g/mol. The van der Waals surface area contributed by atoms with E-state index in [0.717, 1.165) is 42.3 Å². The predicted octanol–water partition coefficient (Wildman–Crippen LogP) is 11.8. The largest absolute Gasteiger partial charge is 0.512 e. The van der Waals surface area contributed by atoms with Crippen LogP contribution < -0.4 is 0 Å². The van der Waals surface area contributed by atoms with E-state index >= 15 is 0 Å². The molecule has 0 fully saturated rings. The Balaban J connectivity index is 0.000000234.